The summed E-state index contributed by atoms with van der Waals surface area (Å²) in [6.07, 6.45) is 0.0525. The number of para-hydroxylation sites is 1. The Kier molecular flexibility index (Phi) is 6.88. The zero-order valence-corrected chi connectivity index (χ0v) is 21.8. The van der Waals surface area contributed by atoms with Gasteiger partial charge in [0.15, 0.2) is 5.82 Å². The molecule has 2 heterocycles. The van der Waals surface area contributed by atoms with Crippen LogP contribution >= 0.6 is 39.1 Å². The highest BCUT2D eigenvalue weighted by atomic mass is 79.9. The predicted molar refractivity (Wildman–Crippen MR) is 145 cm³/mol. The molecule has 0 saturated heterocycles. The molecule has 12 heteroatoms. The molecule has 0 unspecified atom stereocenters. The van der Waals surface area contributed by atoms with Crippen LogP contribution in [0.3, 0.4) is 0 Å². The van der Waals surface area contributed by atoms with Gasteiger partial charge in [0.25, 0.3) is 5.91 Å². The molecule has 0 aliphatic rings. The van der Waals surface area contributed by atoms with Gasteiger partial charge in [-0.05, 0) is 48.0 Å². The number of halogens is 3. The van der Waals surface area contributed by atoms with Gasteiger partial charge in [0.2, 0.25) is 5.91 Å². The van der Waals surface area contributed by atoms with E-state index in [-0.39, 0.29) is 23.8 Å². The molecule has 0 fully saturated rings. The van der Waals surface area contributed by atoms with Crippen molar-refractivity contribution in [3.8, 4) is 11.4 Å². The van der Waals surface area contributed by atoms with Crippen molar-refractivity contribution in [2.24, 2.45) is 0 Å². The van der Waals surface area contributed by atoms with Crippen LogP contribution in [0.2, 0.25) is 10.0 Å². The molecule has 2 aromatic heterocycles. The summed E-state index contributed by atoms with van der Waals surface area (Å²) < 4.78 is 5.31. The number of nitrogens with one attached hydrogen (secondary N) is 4. The molecule has 4 N–H and O–H groups in total. The smallest absolute Gasteiger partial charge is 0.349 e. The quantitative estimate of drug-likeness (QED) is 0.189. The van der Waals surface area contributed by atoms with Crippen molar-refractivity contribution in [2.75, 3.05) is 10.6 Å². The van der Waals surface area contributed by atoms with Crippen molar-refractivity contribution in [1.29, 1.82) is 0 Å². The van der Waals surface area contributed by atoms with Crippen molar-refractivity contribution in [2.45, 2.75) is 6.42 Å². The molecule has 186 valence electrons. The van der Waals surface area contributed by atoms with Crippen molar-refractivity contribution in [3.63, 3.8) is 0 Å². The van der Waals surface area contributed by atoms with Gasteiger partial charge in [-0.3, -0.25) is 19.1 Å². The minimum atomic E-state index is -0.712. The van der Waals surface area contributed by atoms with Crippen molar-refractivity contribution >= 4 is 73.2 Å². The zero-order valence-electron chi connectivity index (χ0n) is 18.7. The first-order valence-corrected chi connectivity index (χ1v) is 12.3. The van der Waals surface area contributed by atoms with Crippen LogP contribution in [0, 0.1) is 0 Å². The third-order valence-corrected chi connectivity index (χ3v) is 6.55. The number of carbonyl (C=O) groups excluding carboxylic acids is 2. The van der Waals surface area contributed by atoms with Gasteiger partial charge in [-0.15, -0.1) is 0 Å². The van der Waals surface area contributed by atoms with Crippen LogP contribution in [0.4, 0.5) is 11.4 Å². The normalized spacial score (nSPS) is 11.0. The lowest BCUT2D eigenvalue weighted by atomic mass is 10.1. The fourth-order valence-electron chi connectivity index (χ4n) is 3.77. The number of hydrogen-bond acceptors (Lipinski definition) is 5. The van der Waals surface area contributed by atoms with E-state index in [4.69, 9.17) is 23.2 Å². The molecule has 0 aliphatic heterocycles. The van der Waals surface area contributed by atoms with E-state index in [0.717, 1.165) is 9.86 Å². The lowest BCUT2D eigenvalue weighted by Gasteiger charge is -2.09. The van der Waals surface area contributed by atoms with Gasteiger partial charge in [0.1, 0.15) is 5.69 Å². The fraction of sp³-hybridized carbons (Fsp3) is 0.0400. The number of H-pyrrole nitrogens is 2. The minimum absolute atomic E-state index is 0.0525. The first-order chi connectivity index (χ1) is 17.8. The number of rotatable bonds is 6. The summed E-state index contributed by atoms with van der Waals surface area (Å²) in [7, 11) is 0. The molecule has 0 spiro atoms. The number of hydrogen-bond donors (Lipinski definition) is 4. The van der Waals surface area contributed by atoms with E-state index in [1.807, 2.05) is 6.07 Å². The molecule has 0 saturated carbocycles. The number of fused-ring (bicyclic) bond motifs is 1. The molecule has 9 nitrogen and oxygen atoms in total. The first kappa shape index (κ1) is 24.8. The standard InChI is InChI=1S/C25H16BrCl2N5O4/c26-14-5-7-18(16(10-14)23-32-25(36)37-33-23)31-24(35)20-8-13-2-1-3-19(22(13)30-20)29-21(34)9-12-4-6-15(27)11-17(12)28/h1-8,10-11,30H,9H2,(H,29,34)(H,31,35)(H,32,33,36). The second kappa shape index (κ2) is 10.3. The Labute approximate surface area is 227 Å². The summed E-state index contributed by atoms with van der Waals surface area (Å²) in [5.74, 6) is -1.26. The van der Waals surface area contributed by atoms with E-state index in [2.05, 4.69) is 46.2 Å². The summed E-state index contributed by atoms with van der Waals surface area (Å²) in [6.45, 7) is 0. The number of benzene rings is 3. The molecular weight excluding hydrogens is 585 g/mol. The Hall–Kier alpha value is -3.86. The van der Waals surface area contributed by atoms with Gasteiger partial charge in [-0.25, -0.2) is 4.79 Å². The highest BCUT2D eigenvalue weighted by Crippen LogP contribution is 2.30. The topological polar surface area (TPSA) is 133 Å². The molecule has 0 aliphatic carbocycles. The van der Waals surface area contributed by atoms with E-state index in [1.54, 1.807) is 54.6 Å². The van der Waals surface area contributed by atoms with E-state index in [9.17, 15) is 14.4 Å². The highest BCUT2D eigenvalue weighted by Gasteiger charge is 2.17. The van der Waals surface area contributed by atoms with Gasteiger partial charge in [-0.2, -0.15) is 0 Å². The molecule has 5 rings (SSSR count). The number of amides is 2. The van der Waals surface area contributed by atoms with Gasteiger partial charge >= 0.3 is 5.76 Å². The Bertz CT molecular complexity index is 1730. The van der Waals surface area contributed by atoms with Crippen LogP contribution in [-0.2, 0) is 11.2 Å². The Morgan fingerprint density at radius 1 is 0.973 bits per heavy atom. The minimum Gasteiger partial charge on any atom is -0.349 e. The monoisotopic (exact) mass is 599 g/mol. The average molecular weight is 601 g/mol. The second-order valence-corrected chi connectivity index (χ2v) is 9.76. The van der Waals surface area contributed by atoms with E-state index < -0.39 is 11.7 Å². The predicted octanol–water partition coefficient (Wildman–Crippen LogP) is 6.01. The van der Waals surface area contributed by atoms with Crippen LogP contribution in [0.5, 0.6) is 0 Å². The summed E-state index contributed by atoms with van der Waals surface area (Å²) >= 11 is 15.5. The SMILES string of the molecule is O=C(Cc1ccc(Cl)cc1Cl)Nc1cccc2cc(C(=O)Nc3ccc(Br)cc3-c3noc(=O)[nH]3)[nH]c12. The van der Waals surface area contributed by atoms with E-state index >= 15 is 0 Å². The van der Waals surface area contributed by atoms with Gasteiger partial charge in [0, 0.05) is 25.5 Å². The summed E-state index contributed by atoms with van der Waals surface area (Å²) in [5.41, 5.74) is 2.86. The zero-order chi connectivity index (χ0) is 26.1. The van der Waals surface area contributed by atoms with Crippen LogP contribution in [-0.4, -0.2) is 26.9 Å². The van der Waals surface area contributed by atoms with Crippen LogP contribution < -0.4 is 16.4 Å². The van der Waals surface area contributed by atoms with Crippen molar-refractivity contribution < 1.29 is 14.1 Å². The third kappa shape index (κ3) is 5.46. The Morgan fingerprint density at radius 3 is 2.57 bits per heavy atom. The summed E-state index contributed by atoms with van der Waals surface area (Å²) in [4.78, 5) is 42.8. The summed E-state index contributed by atoms with van der Waals surface area (Å²) in [6, 6.07) is 17.0. The number of aromatic amines is 2. The molecular formula is C25H16BrCl2N5O4. The Morgan fingerprint density at radius 2 is 1.81 bits per heavy atom. The molecule has 0 radical (unpaired) electrons. The molecule has 2 amide bonds. The van der Waals surface area contributed by atoms with Gasteiger partial charge in [-0.1, -0.05) is 62.5 Å². The van der Waals surface area contributed by atoms with Gasteiger partial charge in [0.05, 0.1) is 23.3 Å². The number of nitrogens with zero attached hydrogens (tertiary/aromatic N) is 1. The Balaban J connectivity index is 1.38. The average Bonchev–Trinajstić information content (AvgIpc) is 3.49. The molecule has 3 aromatic carbocycles. The van der Waals surface area contributed by atoms with Crippen LogP contribution in [0.15, 0.2) is 74.5 Å². The lowest BCUT2D eigenvalue weighted by molar-refractivity contribution is -0.115. The maximum absolute atomic E-state index is 13.1. The lowest BCUT2D eigenvalue weighted by Crippen LogP contribution is -2.15. The van der Waals surface area contributed by atoms with Gasteiger partial charge < -0.3 is 15.6 Å². The number of aromatic nitrogens is 3. The number of anilines is 2. The largest absolute Gasteiger partial charge is 0.439 e. The van der Waals surface area contributed by atoms with Crippen LogP contribution in [0.25, 0.3) is 22.3 Å². The molecule has 37 heavy (non-hydrogen) atoms. The highest BCUT2D eigenvalue weighted by molar-refractivity contribution is 9.10. The van der Waals surface area contributed by atoms with E-state index in [1.165, 1.54) is 0 Å². The van der Waals surface area contributed by atoms with Crippen molar-refractivity contribution in [3.05, 3.63) is 97.0 Å². The molecule has 0 atom stereocenters. The molecule has 0 bridgehead atoms. The third-order valence-electron chi connectivity index (χ3n) is 5.47. The number of carbonyl (C=O) groups is 2. The van der Waals surface area contributed by atoms with Crippen molar-refractivity contribution in [1.82, 2.24) is 15.1 Å². The second-order valence-electron chi connectivity index (χ2n) is 8.00. The fourth-order valence-corrected chi connectivity index (χ4v) is 4.61. The summed E-state index contributed by atoms with van der Waals surface area (Å²) in [5, 5.41) is 11.0. The van der Waals surface area contributed by atoms with E-state index in [0.29, 0.717) is 38.1 Å². The van der Waals surface area contributed by atoms with Crippen LogP contribution in [0.1, 0.15) is 16.1 Å². The maximum atomic E-state index is 13.1. The first-order valence-electron chi connectivity index (χ1n) is 10.8. The molecule has 5 aromatic rings. The maximum Gasteiger partial charge on any atom is 0.439 e.